The van der Waals surface area contributed by atoms with Crippen molar-refractivity contribution < 1.29 is 28.6 Å². The van der Waals surface area contributed by atoms with E-state index in [4.69, 9.17) is 14.2 Å². The number of carbonyl (C=O) groups is 3. The van der Waals surface area contributed by atoms with Crippen molar-refractivity contribution in [1.29, 1.82) is 0 Å². The van der Waals surface area contributed by atoms with Crippen LogP contribution in [0.5, 0.6) is 0 Å². The van der Waals surface area contributed by atoms with E-state index in [9.17, 15) is 14.4 Å². The summed E-state index contributed by atoms with van der Waals surface area (Å²) in [5.41, 5.74) is -2.38. The minimum Gasteiger partial charge on any atom is -0.462 e. The van der Waals surface area contributed by atoms with Crippen molar-refractivity contribution >= 4 is 17.9 Å². The molecule has 0 radical (unpaired) electrons. The van der Waals surface area contributed by atoms with Crippen LogP contribution >= 0.6 is 0 Å². The highest BCUT2D eigenvalue weighted by atomic mass is 16.6. The van der Waals surface area contributed by atoms with E-state index in [-0.39, 0.29) is 6.61 Å². The second kappa shape index (κ2) is 5.03. The van der Waals surface area contributed by atoms with Crippen molar-refractivity contribution in [2.75, 3.05) is 6.61 Å². The fourth-order valence-electron chi connectivity index (χ4n) is 1.63. The summed E-state index contributed by atoms with van der Waals surface area (Å²) in [7, 11) is 0. The quantitative estimate of drug-likeness (QED) is 0.432. The zero-order valence-electron chi connectivity index (χ0n) is 11.5. The van der Waals surface area contributed by atoms with Gasteiger partial charge in [0, 0.05) is 6.08 Å². The first-order valence-electron chi connectivity index (χ1n) is 5.85. The van der Waals surface area contributed by atoms with Crippen LogP contribution in [0.15, 0.2) is 12.7 Å². The average molecular weight is 270 g/mol. The first-order chi connectivity index (χ1) is 8.60. The number of hydrogen-bond donors (Lipinski definition) is 0. The molecular formula is C13H18O6. The molecule has 0 saturated carbocycles. The molecule has 0 bridgehead atoms. The molecule has 0 aliphatic carbocycles. The molecule has 1 rings (SSSR count). The van der Waals surface area contributed by atoms with Gasteiger partial charge >= 0.3 is 17.9 Å². The van der Waals surface area contributed by atoms with Crippen LogP contribution in [0, 0.1) is 5.92 Å². The Bertz CT molecular complexity index is 419. The van der Waals surface area contributed by atoms with Crippen LogP contribution in [-0.2, 0) is 28.6 Å². The van der Waals surface area contributed by atoms with Gasteiger partial charge in [0.2, 0.25) is 5.60 Å². The fourth-order valence-corrected chi connectivity index (χ4v) is 1.63. The maximum absolute atomic E-state index is 12.0. The standard InChI is InChI=1S/C13H18O6/c1-6-9(14)18-13(5)8(7-17-11(13)16)10(15)19-12(2,3)4/h6,8H,1,7H2,2-5H3. The summed E-state index contributed by atoms with van der Waals surface area (Å²) in [6, 6.07) is 0. The van der Waals surface area contributed by atoms with E-state index in [2.05, 4.69) is 6.58 Å². The van der Waals surface area contributed by atoms with Crippen molar-refractivity contribution in [1.82, 2.24) is 0 Å². The van der Waals surface area contributed by atoms with Gasteiger partial charge in [0.05, 0.1) is 0 Å². The summed E-state index contributed by atoms with van der Waals surface area (Å²) in [6.07, 6.45) is 0.920. The third-order valence-electron chi connectivity index (χ3n) is 2.62. The van der Waals surface area contributed by atoms with Gasteiger partial charge in [0.15, 0.2) is 0 Å². The Morgan fingerprint density at radius 2 is 2.05 bits per heavy atom. The van der Waals surface area contributed by atoms with Gasteiger partial charge in [-0.1, -0.05) is 6.58 Å². The molecule has 0 aromatic heterocycles. The van der Waals surface area contributed by atoms with Gasteiger partial charge in [0.25, 0.3) is 0 Å². The smallest absolute Gasteiger partial charge is 0.351 e. The Labute approximate surface area is 111 Å². The van der Waals surface area contributed by atoms with Crippen molar-refractivity contribution in [2.45, 2.75) is 38.9 Å². The second-order valence-electron chi connectivity index (χ2n) is 5.42. The third kappa shape index (κ3) is 3.33. The molecule has 0 amide bonds. The number of esters is 3. The van der Waals surface area contributed by atoms with Crippen molar-refractivity contribution in [3.63, 3.8) is 0 Å². The number of rotatable bonds is 3. The average Bonchev–Trinajstić information content (AvgIpc) is 2.53. The van der Waals surface area contributed by atoms with Gasteiger partial charge in [-0.05, 0) is 27.7 Å². The molecule has 1 aliphatic rings. The minimum atomic E-state index is -1.67. The van der Waals surface area contributed by atoms with E-state index in [1.54, 1.807) is 20.8 Å². The lowest BCUT2D eigenvalue weighted by Gasteiger charge is -2.27. The van der Waals surface area contributed by atoms with E-state index in [1.165, 1.54) is 6.92 Å². The number of cyclic esters (lactones) is 1. The lowest BCUT2D eigenvalue weighted by molar-refractivity contribution is -0.178. The maximum Gasteiger partial charge on any atom is 0.351 e. The Balaban J connectivity index is 2.93. The molecule has 19 heavy (non-hydrogen) atoms. The van der Waals surface area contributed by atoms with E-state index < -0.39 is 35.0 Å². The highest BCUT2D eigenvalue weighted by Crippen LogP contribution is 2.32. The zero-order valence-corrected chi connectivity index (χ0v) is 11.5. The molecule has 1 aliphatic heterocycles. The van der Waals surface area contributed by atoms with Gasteiger partial charge in [-0.25, -0.2) is 9.59 Å². The molecule has 106 valence electrons. The summed E-state index contributed by atoms with van der Waals surface area (Å²) in [6.45, 7) is 9.52. The predicted molar refractivity (Wildman–Crippen MR) is 65.0 cm³/mol. The van der Waals surface area contributed by atoms with Crippen molar-refractivity contribution in [3.05, 3.63) is 12.7 Å². The maximum atomic E-state index is 12.0. The normalized spacial score (nSPS) is 26.5. The van der Waals surface area contributed by atoms with E-state index in [0.717, 1.165) is 6.08 Å². The van der Waals surface area contributed by atoms with Crippen LogP contribution in [0.25, 0.3) is 0 Å². The van der Waals surface area contributed by atoms with Crippen LogP contribution < -0.4 is 0 Å². The third-order valence-corrected chi connectivity index (χ3v) is 2.62. The molecule has 6 heteroatoms. The number of ether oxygens (including phenoxy) is 3. The Hall–Kier alpha value is -1.85. The number of hydrogen-bond acceptors (Lipinski definition) is 6. The van der Waals surface area contributed by atoms with Crippen LogP contribution in [0.3, 0.4) is 0 Å². The van der Waals surface area contributed by atoms with Crippen LogP contribution in [-0.4, -0.2) is 35.7 Å². The molecule has 0 N–H and O–H groups in total. The highest BCUT2D eigenvalue weighted by Gasteiger charge is 2.56. The van der Waals surface area contributed by atoms with Gasteiger partial charge < -0.3 is 14.2 Å². The molecule has 0 aromatic rings. The first kappa shape index (κ1) is 15.2. The molecule has 2 atom stereocenters. The van der Waals surface area contributed by atoms with E-state index in [1.807, 2.05) is 0 Å². The molecule has 1 fully saturated rings. The topological polar surface area (TPSA) is 78.9 Å². The van der Waals surface area contributed by atoms with Crippen LogP contribution in [0.2, 0.25) is 0 Å². The Morgan fingerprint density at radius 3 is 2.53 bits per heavy atom. The minimum absolute atomic E-state index is 0.172. The Kier molecular flexibility index (Phi) is 4.03. The zero-order chi connectivity index (χ0) is 14.8. The summed E-state index contributed by atoms with van der Waals surface area (Å²) in [5, 5.41) is 0. The molecule has 0 aromatic carbocycles. The lowest BCUT2D eigenvalue weighted by Crippen LogP contribution is -2.47. The number of carbonyl (C=O) groups excluding carboxylic acids is 3. The monoisotopic (exact) mass is 270 g/mol. The summed E-state index contributed by atoms with van der Waals surface area (Å²) >= 11 is 0. The van der Waals surface area contributed by atoms with Crippen LogP contribution in [0.1, 0.15) is 27.7 Å². The summed E-state index contributed by atoms with van der Waals surface area (Å²) < 4.78 is 15.0. The molecule has 6 nitrogen and oxygen atoms in total. The van der Waals surface area contributed by atoms with Crippen LogP contribution in [0.4, 0.5) is 0 Å². The largest absolute Gasteiger partial charge is 0.462 e. The Morgan fingerprint density at radius 1 is 1.47 bits per heavy atom. The van der Waals surface area contributed by atoms with Crippen molar-refractivity contribution in [2.24, 2.45) is 5.92 Å². The summed E-state index contributed by atoms with van der Waals surface area (Å²) in [4.78, 5) is 35.0. The van der Waals surface area contributed by atoms with E-state index in [0.29, 0.717) is 0 Å². The van der Waals surface area contributed by atoms with Gasteiger partial charge in [0.1, 0.15) is 18.1 Å². The van der Waals surface area contributed by atoms with Gasteiger partial charge in [-0.3, -0.25) is 4.79 Å². The molecular weight excluding hydrogens is 252 g/mol. The molecule has 0 spiro atoms. The fraction of sp³-hybridized carbons (Fsp3) is 0.615. The van der Waals surface area contributed by atoms with Crippen molar-refractivity contribution in [3.8, 4) is 0 Å². The molecule has 1 heterocycles. The predicted octanol–water partition coefficient (Wildman–Crippen LogP) is 0.989. The second-order valence-corrected chi connectivity index (χ2v) is 5.42. The highest BCUT2D eigenvalue weighted by molar-refractivity contribution is 5.93. The lowest BCUT2D eigenvalue weighted by atomic mass is 9.91. The van der Waals surface area contributed by atoms with Gasteiger partial charge in [-0.2, -0.15) is 0 Å². The SMILES string of the molecule is C=CC(=O)OC1(C)C(=O)OCC1C(=O)OC(C)(C)C. The van der Waals surface area contributed by atoms with E-state index >= 15 is 0 Å². The summed E-state index contributed by atoms with van der Waals surface area (Å²) in [5.74, 6) is -3.19. The molecule has 1 saturated heterocycles. The first-order valence-corrected chi connectivity index (χ1v) is 5.85. The van der Waals surface area contributed by atoms with Gasteiger partial charge in [-0.15, -0.1) is 0 Å². The molecule has 2 unspecified atom stereocenters.